The van der Waals surface area contributed by atoms with Crippen LogP contribution in [-0.2, 0) is 19.1 Å². The number of nitrogens with zero attached hydrogens (tertiary/aromatic N) is 1. The lowest BCUT2D eigenvalue weighted by Crippen LogP contribution is -2.31. The van der Waals surface area contributed by atoms with Gasteiger partial charge >= 0.3 is 11.9 Å². The van der Waals surface area contributed by atoms with Crippen LogP contribution in [0.1, 0.15) is 27.2 Å². The highest BCUT2D eigenvalue weighted by Crippen LogP contribution is 2.22. The molecule has 0 aliphatic heterocycles. The van der Waals surface area contributed by atoms with Crippen molar-refractivity contribution in [2.45, 2.75) is 27.2 Å². The van der Waals surface area contributed by atoms with Crippen molar-refractivity contribution >= 4 is 11.9 Å². The number of hydrogen-bond acceptors (Lipinski definition) is 5. The van der Waals surface area contributed by atoms with Crippen molar-refractivity contribution in [3.05, 3.63) is 0 Å². The molecule has 0 aromatic carbocycles. The van der Waals surface area contributed by atoms with Crippen molar-refractivity contribution in [3.63, 3.8) is 0 Å². The summed E-state index contributed by atoms with van der Waals surface area (Å²) in [4.78, 5) is 22.5. The molecule has 0 saturated heterocycles. The summed E-state index contributed by atoms with van der Waals surface area (Å²) in [5, 5.41) is 8.84. The molecular weight excluding hydrogens is 198 g/mol. The zero-order valence-electron chi connectivity index (χ0n) is 9.20. The molecule has 0 aliphatic rings. The van der Waals surface area contributed by atoms with E-state index in [0.717, 1.165) is 0 Å². The Hall–Kier alpha value is -1.57. The van der Waals surface area contributed by atoms with Crippen molar-refractivity contribution in [2.75, 3.05) is 13.2 Å². The highest BCUT2D eigenvalue weighted by Gasteiger charge is 2.38. The fraction of sp³-hybridized carbons (Fsp3) is 0.700. The van der Waals surface area contributed by atoms with Gasteiger partial charge in [0, 0.05) is 0 Å². The minimum absolute atomic E-state index is 0.179. The molecule has 0 N–H and O–H groups in total. The van der Waals surface area contributed by atoms with E-state index in [2.05, 4.69) is 4.74 Å². The van der Waals surface area contributed by atoms with E-state index >= 15 is 0 Å². The molecule has 5 heteroatoms. The number of hydrogen-bond donors (Lipinski definition) is 0. The molecule has 5 nitrogen and oxygen atoms in total. The van der Waals surface area contributed by atoms with Crippen LogP contribution in [0.2, 0.25) is 0 Å². The Morgan fingerprint density at radius 3 is 2.20 bits per heavy atom. The van der Waals surface area contributed by atoms with E-state index in [9.17, 15) is 9.59 Å². The number of rotatable bonds is 5. The maximum Gasteiger partial charge on any atom is 0.326 e. The van der Waals surface area contributed by atoms with E-state index in [1.807, 2.05) is 0 Å². The molecule has 0 amide bonds. The van der Waals surface area contributed by atoms with Gasteiger partial charge in [-0.05, 0) is 20.8 Å². The van der Waals surface area contributed by atoms with Gasteiger partial charge < -0.3 is 9.47 Å². The van der Waals surface area contributed by atoms with Crippen LogP contribution in [0.25, 0.3) is 0 Å². The Labute approximate surface area is 89.0 Å². The maximum atomic E-state index is 11.4. The van der Waals surface area contributed by atoms with E-state index in [0.29, 0.717) is 0 Å². The third kappa shape index (κ3) is 3.98. The average molecular weight is 213 g/mol. The fourth-order valence-electron chi connectivity index (χ4n) is 0.948. The molecule has 0 aromatic rings. The molecular formula is C10H15NO4. The molecule has 0 aliphatic carbocycles. The lowest BCUT2D eigenvalue weighted by molar-refractivity contribution is -0.157. The van der Waals surface area contributed by atoms with Crippen LogP contribution in [-0.4, -0.2) is 25.2 Å². The summed E-state index contributed by atoms with van der Waals surface area (Å²) in [5.74, 6) is -1.27. The maximum absolute atomic E-state index is 11.4. The smallest absolute Gasteiger partial charge is 0.326 e. The predicted octanol–water partition coefficient (Wildman–Crippen LogP) is 1.03. The van der Waals surface area contributed by atoms with Crippen LogP contribution >= 0.6 is 0 Å². The Morgan fingerprint density at radius 2 is 1.80 bits per heavy atom. The molecule has 0 spiro atoms. The highest BCUT2D eigenvalue weighted by atomic mass is 16.5. The van der Waals surface area contributed by atoms with E-state index in [-0.39, 0.29) is 19.6 Å². The zero-order chi connectivity index (χ0) is 11.9. The molecule has 1 atom stereocenters. The predicted molar refractivity (Wildman–Crippen MR) is 51.6 cm³/mol. The molecule has 0 radical (unpaired) electrons. The van der Waals surface area contributed by atoms with Crippen LogP contribution in [0.3, 0.4) is 0 Å². The third-order valence-corrected chi connectivity index (χ3v) is 1.78. The van der Waals surface area contributed by atoms with Crippen LogP contribution < -0.4 is 0 Å². The van der Waals surface area contributed by atoms with Gasteiger partial charge in [-0.2, -0.15) is 5.26 Å². The second kappa shape index (κ2) is 6.02. The van der Waals surface area contributed by atoms with Crippen molar-refractivity contribution in [1.29, 1.82) is 5.26 Å². The molecule has 0 bridgehead atoms. The Balaban J connectivity index is 4.51. The first kappa shape index (κ1) is 13.4. The second-order valence-electron chi connectivity index (χ2n) is 3.15. The van der Waals surface area contributed by atoms with E-state index in [1.165, 1.54) is 6.92 Å². The summed E-state index contributed by atoms with van der Waals surface area (Å²) in [6.45, 7) is 5.07. The molecule has 0 unspecified atom stereocenters. The van der Waals surface area contributed by atoms with Gasteiger partial charge in [-0.3, -0.25) is 9.59 Å². The third-order valence-electron chi connectivity index (χ3n) is 1.78. The van der Waals surface area contributed by atoms with Gasteiger partial charge in [-0.25, -0.2) is 0 Å². The number of esters is 2. The topological polar surface area (TPSA) is 76.4 Å². The molecule has 0 heterocycles. The minimum Gasteiger partial charge on any atom is -0.466 e. The van der Waals surface area contributed by atoms with Gasteiger partial charge in [0.15, 0.2) is 5.41 Å². The van der Waals surface area contributed by atoms with Gasteiger partial charge in [0.05, 0.1) is 25.7 Å². The lowest BCUT2D eigenvalue weighted by Gasteiger charge is -2.17. The second-order valence-corrected chi connectivity index (χ2v) is 3.15. The largest absolute Gasteiger partial charge is 0.466 e. The summed E-state index contributed by atoms with van der Waals surface area (Å²) in [7, 11) is 0. The van der Waals surface area contributed by atoms with Gasteiger partial charge in [-0.1, -0.05) is 0 Å². The number of carbonyl (C=O) groups excluding carboxylic acids is 2. The number of nitriles is 1. The molecule has 0 aromatic heterocycles. The SMILES string of the molecule is CCOC(=O)C[C@](C)(C#N)C(=O)OCC. The summed E-state index contributed by atoms with van der Waals surface area (Å²) in [6, 6.07) is 1.78. The Bertz CT molecular complexity index is 282. The van der Waals surface area contributed by atoms with Gasteiger partial charge in [-0.15, -0.1) is 0 Å². The lowest BCUT2D eigenvalue weighted by atomic mass is 9.89. The molecule has 0 rings (SSSR count). The van der Waals surface area contributed by atoms with Gasteiger partial charge in [0.25, 0.3) is 0 Å². The van der Waals surface area contributed by atoms with Gasteiger partial charge in [0.2, 0.25) is 0 Å². The van der Waals surface area contributed by atoms with Crippen LogP contribution in [0, 0.1) is 16.7 Å². The number of carbonyl (C=O) groups is 2. The summed E-state index contributed by atoms with van der Waals surface area (Å²) < 4.78 is 9.38. The molecule has 15 heavy (non-hydrogen) atoms. The van der Waals surface area contributed by atoms with Gasteiger partial charge in [0.1, 0.15) is 0 Å². The summed E-state index contributed by atoms with van der Waals surface area (Å²) >= 11 is 0. The van der Waals surface area contributed by atoms with Crippen LogP contribution in [0.5, 0.6) is 0 Å². The standard InChI is InChI=1S/C10H15NO4/c1-4-14-8(12)6-10(3,7-11)9(13)15-5-2/h4-6H2,1-3H3/t10-/m1/s1. The average Bonchev–Trinajstić information content (AvgIpc) is 2.18. The van der Waals surface area contributed by atoms with Crippen LogP contribution in [0.15, 0.2) is 0 Å². The van der Waals surface area contributed by atoms with Crippen LogP contribution in [0.4, 0.5) is 0 Å². The zero-order valence-corrected chi connectivity index (χ0v) is 9.20. The monoisotopic (exact) mass is 213 g/mol. The minimum atomic E-state index is -1.46. The Morgan fingerprint density at radius 1 is 1.27 bits per heavy atom. The van der Waals surface area contributed by atoms with Crippen molar-refractivity contribution in [3.8, 4) is 6.07 Å². The van der Waals surface area contributed by atoms with Crippen molar-refractivity contribution in [1.82, 2.24) is 0 Å². The Kier molecular flexibility index (Phi) is 5.39. The van der Waals surface area contributed by atoms with E-state index < -0.39 is 17.4 Å². The highest BCUT2D eigenvalue weighted by molar-refractivity contribution is 5.85. The first-order chi connectivity index (χ1) is 7.00. The quantitative estimate of drug-likeness (QED) is 0.637. The molecule has 0 saturated carbocycles. The molecule has 0 fully saturated rings. The van der Waals surface area contributed by atoms with Crippen molar-refractivity contribution < 1.29 is 19.1 Å². The first-order valence-electron chi connectivity index (χ1n) is 4.74. The first-order valence-corrected chi connectivity index (χ1v) is 4.74. The van der Waals surface area contributed by atoms with Crippen molar-refractivity contribution in [2.24, 2.45) is 5.41 Å². The normalized spacial score (nSPS) is 13.5. The fourth-order valence-corrected chi connectivity index (χ4v) is 0.948. The summed E-state index contributed by atoms with van der Waals surface area (Å²) in [5.41, 5.74) is -1.46. The van der Waals surface area contributed by atoms with E-state index in [1.54, 1.807) is 19.9 Å². The summed E-state index contributed by atoms with van der Waals surface area (Å²) in [6.07, 6.45) is -0.282. The van der Waals surface area contributed by atoms with E-state index in [4.69, 9.17) is 10.00 Å². The number of ether oxygens (including phenoxy) is 2. The molecule has 84 valence electrons.